The molecule has 12 rings (SSSR count). The minimum Gasteiger partial charge on any atom is -0.310 e. The molecule has 0 radical (unpaired) electrons. The Bertz CT molecular complexity index is 3270. The quantitative estimate of drug-likeness (QED) is 0.165. The zero-order valence-electron chi connectivity index (χ0n) is 33.4. The van der Waals surface area contributed by atoms with E-state index in [9.17, 15) is 0 Å². The highest BCUT2D eigenvalue weighted by Gasteiger charge is 2.51. The van der Waals surface area contributed by atoms with Crippen molar-refractivity contribution in [3.8, 4) is 44.5 Å². The van der Waals surface area contributed by atoms with Gasteiger partial charge < -0.3 is 4.90 Å². The van der Waals surface area contributed by atoms with Gasteiger partial charge in [0.2, 0.25) is 0 Å². The average molecular weight is 794 g/mol. The van der Waals surface area contributed by atoms with Gasteiger partial charge in [0.1, 0.15) is 0 Å². The van der Waals surface area contributed by atoms with Crippen molar-refractivity contribution < 1.29 is 0 Å². The lowest BCUT2D eigenvalue weighted by Crippen LogP contribution is -2.32. The summed E-state index contributed by atoms with van der Waals surface area (Å²) < 4.78 is 0. The van der Waals surface area contributed by atoms with E-state index >= 15 is 0 Å². The Morgan fingerprint density at radius 3 is 1.67 bits per heavy atom. The van der Waals surface area contributed by atoms with Crippen LogP contribution in [0, 0.1) is 0 Å². The van der Waals surface area contributed by atoms with E-state index in [1.165, 1.54) is 87.3 Å². The second-order valence-corrected chi connectivity index (χ2v) is 17.1. The van der Waals surface area contributed by atoms with Crippen LogP contribution in [0.25, 0.3) is 55.3 Å². The van der Waals surface area contributed by atoms with Crippen LogP contribution in [0.15, 0.2) is 246 Å². The van der Waals surface area contributed by atoms with E-state index in [-0.39, 0.29) is 0 Å². The summed E-state index contributed by atoms with van der Waals surface area (Å²) in [6, 6.07) is 87.3. The molecule has 0 N–H and O–H groups in total. The van der Waals surface area contributed by atoms with Gasteiger partial charge in [-0.1, -0.05) is 200 Å². The zero-order chi connectivity index (χ0) is 40.3. The first-order valence-electron chi connectivity index (χ1n) is 21.0. The van der Waals surface area contributed by atoms with Crippen molar-refractivity contribution in [3.05, 3.63) is 259 Å². The minimum atomic E-state index is -0.489. The minimum absolute atomic E-state index is 0.489. The molecule has 0 fully saturated rings. The Morgan fingerprint density at radius 2 is 0.902 bits per heavy atom. The fourth-order valence-corrected chi connectivity index (χ4v) is 11.3. The van der Waals surface area contributed by atoms with Gasteiger partial charge in [-0.05, 0) is 121 Å². The summed E-state index contributed by atoms with van der Waals surface area (Å²) in [6.07, 6.45) is 0. The standard InChI is InChI=1S/C59H39NS/c1-4-16-40(17-5-1)42-28-32-46(33-29-42)60(55-36-30-45(41-18-6-2-7-19-41)38-50(55)43-20-8-3-9-21-43)47-34-35-53-51(39-47)49-24-12-13-25-52(49)59(53)54-26-14-15-27-56(54)61-57-37-31-44-22-10-11-23-48(44)58(57)59/h1-39H. The van der Waals surface area contributed by atoms with Crippen LogP contribution in [-0.4, -0.2) is 0 Å². The molecule has 61 heavy (non-hydrogen) atoms. The first-order chi connectivity index (χ1) is 30.3. The maximum atomic E-state index is 2.47. The van der Waals surface area contributed by atoms with Crippen molar-refractivity contribution in [2.75, 3.05) is 4.90 Å². The Morgan fingerprint density at radius 1 is 0.328 bits per heavy atom. The highest BCUT2D eigenvalue weighted by molar-refractivity contribution is 7.99. The Labute approximate surface area is 361 Å². The molecule has 2 heteroatoms. The Kier molecular flexibility index (Phi) is 8.40. The first kappa shape index (κ1) is 35.5. The molecule has 1 atom stereocenters. The van der Waals surface area contributed by atoms with Gasteiger partial charge in [0.05, 0.1) is 11.1 Å². The third kappa shape index (κ3) is 5.64. The van der Waals surface area contributed by atoms with Crippen molar-refractivity contribution in [2.45, 2.75) is 15.2 Å². The second kappa shape index (κ2) is 14.4. The summed E-state index contributed by atoms with van der Waals surface area (Å²) in [6.45, 7) is 0. The number of nitrogens with zero attached hydrogens (tertiary/aromatic N) is 1. The number of hydrogen-bond acceptors (Lipinski definition) is 2. The average Bonchev–Trinajstić information content (AvgIpc) is 3.62. The zero-order valence-corrected chi connectivity index (χ0v) is 34.2. The summed E-state index contributed by atoms with van der Waals surface area (Å²) >= 11 is 1.90. The summed E-state index contributed by atoms with van der Waals surface area (Å²) in [5.74, 6) is 0. The van der Waals surface area contributed by atoms with E-state index in [1.54, 1.807) is 0 Å². The number of hydrogen-bond donors (Lipinski definition) is 0. The van der Waals surface area contributed by atoms with Gasteiger partial charge in [0.15, 0.2) is 0 Å². The molecule has 0 aromatic heterocycles. The van der Waals surface area contributed by atoms with Crippen molar-refractivity contribution in [2.24, 2.45) is 0 Å². The molecule has 1 aliphatic carbocycles. The fraction of sp³-hybridized carbons (Fsp3) is 0.0169. The van der Waals surface area contributed by atoms with E-state index in [4.69, 9.17) is 0 Å². The summed E-state index contributed by atoms with van der Waals surface area (Å²) in [4.78, 5) is 5.09. The van der Waals surface area contributed by atoms with E-state index in [2.05, 4.69) is 241 Å². The van der Waals surface area contributed by atoms with Gasteiger partial charge in [-0.25, -0.2) is 0 Å². The molecule has 0 bridgehead atoms. The van der Waals surface area contributed by atoms with Crippen LogP contribution in [-0.2, 0) is 5.41 Å². The van der Waals surface area contributed by atoms with Crippen LogP contribution in [0.1, 0.15) is 22.3 Å². The third-order valence-electron chi connectivity index (χ3n) is 12.7. The molecule has 1 nitrogen and oxygen atoms in total. The van der Waals surface area contributed by atoms with E-state index in [1.807, 2.05) is 11.8 Å². The fourth-order valence-electron chi connectivity index (χ4n) is 10.1. The van der Waals surface area contributed by atoms with Gasteiger partial charge in [0.25, 0.3) is 0 Å². The van der Waals surface area contributed by atoms with Crippen LogP contribution in [0.2, 0.25) is 0 Å². The van der Waals surface area contributed by atoms with Crippen molar-refractivity contribution in [1.82, 2.24) is 0 Å². The molecule has 1 aliphatic heterocycles. The molecular formula is C59H39NS. The number of benzene rings is 10. The molecule has 0 saturated heterocycles. The van der Waals surface area contributed by atoms with E-state index in [0.717, 1.165) is 17.1 Å². The molecule has 1 spiro atoms. The largest absolute Gasteiger partial charge is 0.310 e. The van der Waals surface area contributed by atoms with Crippen LogP contribution in [0.4, 0.5) is 17.1 Å². The maximum Gasteiger partial charge on any atom is 0.0741 e. The summed E-state index contributed by atoms with van der Waals surface area (Å²) in [5.41, 5.74) is 17.9. The molecule has 10 aromatic carbocycles. The van der Waals surface area contributed by atoms with Gasteiger partial charge >= 0.3 is 0 Å². The van der Waals surface area contributed by atoms with Crippen molar-refractivity contribution in [1.29, 1.82) is 0 Å². The van der Waals surface area contributed by atoms with E-state index < -0.39 is 5.41 Å². The predicted octanol–water partition coefficient (Wildman–Crippen LogP) is 16.1. The topological polar surface area (TPSA) is 3.24 Å². The smallest absolute Gasteiger partial charge is 0.0741 e. The normalized spacial score (nSPS) is 14.6. The number of fused-ring (bicyclic) bond motifs is 11. The molecule has 0 amide bonds. The molecular weight excluding hydrogens is 755 g/mol. The van der Waals surface area contributed by atoms with Gasteiger partial charge in [-0.3, -0.25) is 0 Å². The van der Waals surface area contributed by atoms with Gasteiger partial charge in [-0.15, -0.1) is 0 Å². The molecule has 1 unspecified atom stereocenters. The summed E-state index contributed by atoms with van der Waals surface area (Å²) in [7, 11) is 0. The summed E-state index contributed by atoms with van der Waals surface area (Å²) in [5, 5.41) is 2.57. The number of rotatable bonds is 6. The maximum absolute atomic E-state index is 2.47. The van der Waals surface area contributed by atoms with Crippen molar-refractivity contribution >= 4 is 39.6 Å². The van der Waals surface area contributed by atoms with E-state index in [0.29, 0.717) is 0 Å². The van der Waals surface area contributed by atoms with Crippen LogP contribution >= 0.6 is 11.8 Å². The Balaban J connectivity index is 1.12. The highest BCUT2D eigenvalue weighted by atomic mass is 32.2. The first-order valence-corrected chi connectivity index (χ1v) is 21.8. The lowest BCUT2D eigenvalue weighted by molar-refractivity contribution is 0.730. The molecule has 1 heterocycles. The third-order valence-corrected chi connectivity index (χ3v) is 13.9. The van der Waals surface area contributed by atoms with Gasteiger partial charge in [0, 0.05) is 26.7 Å². The lowest BCUT2D eigenvalue weighted by Gasteiger charge is -2.40. The predicted molar refractivity (Wildman–Crippen MR) is 256 cm³/mol. The molecule has 286 valence electrons. The lowest BCUT2D eigenvalue weighted by atomic mass is 9.66. The highest BCUT2D eigenvalue weighted by Crippen LogP contribution is 2.64. The SMILES string of the molecule is c1ccc(-c2ccc(N(c3ccc4c(c3)-c3ccccc3C43c4ccccc4Sc4ccc5ccccc5c43)c3ccc(-c4ccccc4)cc3-c3ccccc3)cc2)cc1. The molecule has 10 aromatic rings. The molecule has 0 saturated carbocycles. The second-order valence-electron chi connectivity index (χ2n) is 16.0. The number of anilines is 3. The van der Waals surface area contributed by atoms with Crippen LogP contribution < -0.4 is 4.90 Å². The van der Waals surface area contributed by atoms with Crippen LogP contribution in [0.3, 0.4) is 0 Å². The monoisotopic (exact) mass is 793 g/mol. The van der Waals surface area contributed by atoms with Crippen LogP contribution in [0.5, 0.6) is 0 Å². The van der Waals surface area contributed by atoms with Crippen molar-refractivity contribution in [3.63, 3.8) is 0 Å². The van der Waals surface area contributed by atoms with Gasteiger partial charge in [-0.2, -0.15) is 0 Å². The molecule has 2 aliphatic rings. The Hall–Kier alpha value is -7.39.